The number of nitrogens with zero attached hydrogens (tertiary/aromatic N) is 1. The van der Waals surface area contributed by atoms with Crippen molar-refractivity contribution in [3.8, 4) is 11.1 Å². The lowest BCUT2D eigenvalue weighted by Gasteiger charge is -2.07. The molecule has 0 radical (unpaired) electrons. The van der Waals surface area contributed by atoms with Crippen LogP contribution >= 0.6 is 11.6 Å². The van der Waals surface area contributed by atoms with Gasteiger partial charge in [-0.25, -0.2) is 14.3 Å². The molecule has 4 aromatic rings. The van der Waals surface area contributed by atoms with E-state index < -0.39 is 21.8 Å². The van der Waals surface area contributed by atoms with Gasteiger partial charge in [-0.3, -0.25) is 4.21 Å². The maximum absolute atomic E-state index is 12.0. The number of rotatable bonds is 6. The normalized spacial score (nSPS) is 13.4. The minimum absolute atomic E-state index is 0.582. The van der Waals surface area contributed by atoms with Crippen LogP contribution in [0.5, 0.6) is 0 Å². The molecule has 2 atom stereocenters. The zero-order chi connectivity index (χ0) is 21.3. The van der Waals surface area contributed by atoms with E-state index in [1.807, 2.05) is 48.5 Å². The Morgan fingerprint density at radius 2 is 1.80 bits per heavy atom. The molecule has 0 amide bonds. The average molecular weight is 458 g/mol. The van der Waals surface area contributed by atoms with Gasteiger partial charge in [-0.05, 0) is 53.4 Å². The van der Waals surface area contributed by atoms with Crippen molar-refractivity contribution in [1.29, 1.82) is 0 Å². The minimum atomic E-state index is -1.56. The van der Waals surface area contributed by atoms with Crippen molar-refractivity contribution in [1.82, 2.24) is 9.97 Å². The third kappa shape index (κ3) is 4.39. The van der Waals surface area contributed by atoms with Crippen molar-refractivity contribution in [2.45, 2.75) is 22.6 Å². The zero-order valence-electron chi connectivity index (χ0n) is 16.2. The number of fused-ring (bicyclic) bond motifs is 1. The van der Waals surface area contributed by atoms with E-state index in [2.05, 4.69) is 9.97 Å². The van der Waals surface area contributed by atoms with Crippen LogP contribution in [-0.4, -0.2) is 24.6 Å². The number of aromatic nitrogens is 2. The first-order valence-electron chi connectivity index (χ1n) is 9.28. The lowest BCUT2D eigenvalue weighted by molar-refractivity contribution is 0.684. The number of halogens is 1. The molecule has 0 saturated carbocycles. The second-order valence-electron chi connectivity index (χ2n) is 6.92. The third-order valence-corrected chi connectivity index (χ3v) is 6.94. The summed E-state index contributed by atoms with van der Waals surface area (Å²) in [5, 5.41) is 6.21. The Bertz CT molecular complexity index is 1290. The molecule has 0 fully saturated rings. The van der Waals surface area contributed by atoms with Crippen LogP contribution in [0, 0.1) is 0 Å². The number of benzene rings is 3. The van der Waals surface area contributed by atoms with Crippen molar-refractivity contribution in [3.05, 3.63) is 77.1 Å². The van der Waals surface area contributed by atoms with Crippen molar-refractivity contribution < 1.29 is 8.42 Å². The fourth-order valence-corrected chi connectivity index (χ4v) is 5.17. The average Bonchev–Trinajstić information content (AvgIpc) is 3.14. The number of hydrogen-bond donors (Lipinski definition) is 2. The maximum atomic E-state index is 12.0. The quantitative estimate of drug-likeness (QED) is 0.450. The first kappa shape index (κ1) is 20.9. The first-order chi connectivity index (χ1) is 14.4. The van der Waals surface area contributed by atoms with Crippen LogP contribution in [-0.2, 0) is 34.6 Å². The minimum Gasteiger partial charge on any atom is -0.342 e. The van der Waals surface area contributed by atoms with Crippen molar-refractivity contribution in [2.75, 3.05) is 6.26 Å². The predicted molar refractivity (Wildman–Crippen MR) is 123 cm³/mol. The number of nitrogens with two attached hydrogens (primary N) is 1. The second-order valence-corrected chi connectivity index (χ2v) is 9.73. The van der Waals surface area contributed by atoms with E-state index in [9.17, 15) is 8.42 Å². The van der Waals surface area contributed by atoms with E-state index in [1.165, 1.54) is 0 Å². The smallest absolute Gasteiger partial charge is 0.122 e. The van der Waals surface area contributed by atoms with Gasteiger partial charge in [0.15, 0.2) is 0 Å². The van der Waals surface area contributed by atoms with Crippen LogP contribution in [0.15, 0.2) is 70.5 Å². The highest BCUT2D eigenvalue weighted by Crippen LogP contribution is 2.28. The van der Waals surface area contributed by atoms with Gasteiger partial charge in [0.05, 0.1) is 26.7 Å². The van der Waals surface area contributed by atoms with E-state index in [4.69, 9.17) is 16.7 Å². The summed E-state index contributed by atoms with van der Waals surface area (Å²) in [4.78, 5) is 9.39. The van der Waals surface area contributed by atoms with Gasteiger partial charge in [0.25, 0.3) is 0 Å². The number of hydrogen-bond acceptors (Lipinski definition) is 3. The lowest BCUT2D eigenvalue weighted by atomic mass is 10.1. The zero-order valence-corrected chi connectivity index (χ0v) is 18.6. The molecule has 1 heterocycles. The molecule has 0 aliphatic rings. The number of imidazole rings is 1. The Balaban J connectivity index is 1.61. The fourth-order valence-electron chi connectivity index (χ4n) is 3.48. The Morgan fingerprint density at radius 3 is 2.57 bits per heavy atom. The SMILES string of the molecule is CS(=O)c1cc(Cl)ccc1CCc1nc2ccc(-c3ccccc3S(N)=O)cc2[nH]1. The Hall–Kier alpha value is -2.32. The molecule has 1 aromatic heterocycles. The molecule has 8 heteroatoms. The van der Waals surface area contributed by atoms with Gasteiger partial charge in [-0.15, -0.1) is 0 Å². The number of H-pyrrole nitrogens is 1. The highest BCUT2D eigenvalue weighted by atomic mass is 35.5. The molecule has 0 aliphatic carbocycles. The van der Waals surface area contributed by atoms with Gasteiger partial charge in [-0.1, -0.05) is 41.9 Å². The van der Waals surface area contributed by atoms with Gasteiger partial charge in [0.2, 0.25) is 0 Å². The highest BCUT2D eigenvalue weighted by molar-refractivity contribution is 7.84. The summed E-state index contributed by atoms with van der Waals surface area (Å²) >= 11 is 6.05. The van der Waals surface area contributed by atoms with Crippen LogP contribution < -0.4 is 5.14 Å². The lowest BCUT2D eigenvalue weighted by Crippen LogP contribution is -2.04. The first-order valence-corrected chi connectivity index (χ1v) is 12.4. The van der Waals surface area contributed by atoms with Crippen molar-refractivity contribution >= 4 is 44.4 Å². The molecule has 4 rings (SSSR count). The Morgan fingerprint density at radius 1 is 1.00 bits per heavy atom. The summed E-state index contributed by atoms with van der Waals surface area (Å²) in [6, 6.07) is 18.8. The van der Waals surface area contributed by atoms with E-state index in [0.717, 1.165) is 38.4 Å². The third-order valence-electron chi connectivity index (χ3n) is 4.92. The molecule has 5 nitrogen and oxygen atoms in total. The van der Waals surface area contributed by atoms with Gasteiger partial charge < -0.3 is 4.98 Å². The summed E-state index contributed by atoms with van der Waals surface area (Å²) in [7, 11) is -2.67. The van der Waals surface area contributed by atoms with Gasteiger partial charge in [0.1, 0.15) is 16.8 Å². The van der Waals surface area contributed by atoms with Crippen LogP contribution in [0.2, 0.25) is 5.02 Å². The highest BCUT2D eigenvalue weighted by Gasteiger charge is 2.12. The van der Waals surface area contributed by atoms with E-state index in [0.29, 0.717) is 22.8 Å². The summed E-state index contributed by atoms with van der Waals surface area (Å²) in [5.41, 5.74) is 4.52. The van der Waals surface area contributed by atoms with E-state index >= 15 is 0 Å². The van der Waals surface area contributed by atoms with Gasteiger partial charge in [0, 0.05) is 22.6 Å². The Kier molecular flexibility index (Phi) is 6.15. The summed E-state index contributed by atoms with van der Waals surface area (Å²) in [5.74, 6) is 0.848. The molecule has 0 bridgehead atoms. The molecule has 0 spiro atoms. The molecule has 154 valence electrons. The number of aromatic amines is 1. The largest absolute Gasteiger partial charge is 0.342 e. The van der Waals surface area contributed by atoms with Gasteiger partial charge >= 0.3 is 0 Å². The predicted octanol–water partition coefficient (Wildman–Crippen LogP) is 4.39. The monoisotopic (exact) mass is 457 g/mol. The molecule has 0 aliphatic heterocycles. The van der Waals surface area contributed by atoms with Crippen LogP contribution in [0.3, 0.4) is 0 Å². The second kappa shape index (κ2) is 8.81. The molecular formula is C22H20ClN3O2S2. The number of nitrogens with one attached hydrogen (secondary N) is 1. The van der Waals surface area contributed by atoms with Crippen LogP contribution in [0.25, 0.3) is 22.2 Å². The maximum Gasteiger partial charge on any atom is 0.122 e. The number of aryl methyl sites for hydroxylation is 2. The topological polar surface area (TPSA) is 88.8 Å². The Labute approximate surface area is 184 Å². The molecular weight excluding hydrogens is 438 g/mol. The van der Waals surface area contributed by atoms with E-state index in [-0.39, 0.29) is 0 Å². The molecule has 0 saturated heterocycles. The molecule has 3 aromatic carbocycles. The molecule has 30 heavy (non-hydrogen) atoms. The summed E-state index contributed by atoms with van der Waals surface area (Å²) in [6.07, 6.45) is 3.04. The molecule has 2 unspecified atom stereocenters. The summed E-state index contributed by atoms with van der Waals surface area (Å²) in [6.45, 7) is 0. The van der Waals surface area contributed by atoms with Crippen LogP contribution in [0.4, 0.5) is 0 Å². The van der Waals surface area contributed by atoms with Crippen molar-refractivity contribution in [2.24, 2.45) is 5.14 Å². The van der Waals surface area contributed by atoms with Crippen LogP contribution in [0.1, 0.15) is 11.4 Å². The summed E-state index contributed by atoms with van der Waals surface area (Å²) < 4.78 is 23.9. The van der Waals surface area contributed by atoms with Gasteiger partial charge in [-0.2, -0.15) is 0 Å². The standard InChI is InChI=1S/C22H20ClN3O2S2/c1-29(27)21-13-16(23)9-6-14(21)8-11-22-25-18-10-7-15(12-19(18)26-22)17-4-2-3-5-20(17)30(24)28/h2-7,9-10,12-13H,8,11,24H2,1H3,(H,25,26). The van der Waals surface area contributed by atoms with Crippen molar-refractivity contribution in [3.63, 3.8) is 0 Å². The van der Waals surface area contributed by atoms with E-state index in [1.54, 1.807) is 18.4 Å². The molecule has 3 N–H and O–H groups in total. The fraction of sp³-hybridized carbons (Fsp3) is 0.136.